The normalized spacial score (nSPS) is 9.38. The minimum atomic E-state index is -0.257. The summed E-state index contributed by atoms with van der Waals surface area (Å²) in [7, 11) is 0. The van der Waals surface area contributed by atoms with E-state index in [9.17, 15) is 4.79 Å². The highest BCUT2D eigenvalue weighted by atomic mass is 35.5. The van der Waals surface area contributed by atoms with Gasteiger partial charge in [-0.15, -0.1) is 11.3 Å². The predicted octanol–water partition coefficient (Wildman–Crippen LogP) is 2.84. The second-order valence-electron chi connectivity index (χ2n) is 3.97. The zero-order chi connectivity index (χ0) is 15.2. The number of hydrogen-bond acceptors (Lipinski definition) is 4. The van der Waals surface area contributed by atoms with Crippen molar-refractivity contribution < 1.29 is 4.79 Å². The average molecular weight is 316 g/mol. The highest BCUT2D eigenvalue weighted by Gasteiger charge is 2.09. The minimum Gasteiger partial charge on any atom is -0.322 e. The number of carbonyl (C=O) groups is 1. The molecule has 0 bridgehead atoms. The van der Waals surface area contributed by atoms with Crippen molar-refractivity contribution in [2.45, 2.75) is 0 Å². The molecule has 0 aliphatic heterocycles. The largest absolute Gasteiger partial charge is 0.322 e. The zero-order valence-electron chi connectivity index (χ0n) is 10.8. The Morgan fingerprint density at radius 2 is 2.24 bits per heavy atom. The van der Waals surface area contributed by atoms with Crippen LogP contribution in [-0.4, -0.2) is 12.5 Å². The van der Waals surface area contributed by atoms with E-state index in [1.165, 1.54) is 11.3 Å². The monoisotopic (exact) mass is 315 g/mol. The van der Waals surface area contributed by atoms with E-state index in [4.69, 9.17) is 22.6 Å². The molecule has 0 atom stereocenters. The molecule has 0 aliphatic rings. The van der Waals surface area contributed by atoms with Gasteiger partial charge in [0.1, 0.15) is 6.07 Å². The van der Waals surface area contributed by atoms with Gasteiger partial charge in [-0.25, -0.2) is 0 Å². The topological polar surface area (TPSA) is 78.9 Å². The van der Waals surface area contributed by atoms with Gasteiger partial charge in [0.2, 0.25) is 0 Å². The molecule has 6 heteroatoms. The fourth-order valence-corrected chi connectivity index (χ4v) is 2.52. The molecule has 0 unspecified atom stereocenters. The smallest absolute Gasteiger partial charge is 0.256 e. The molecule has 2 rings (SSSR count). The Kier molecular flexibility index (Phi) is 4.97. The second kappa shape index (κ2) is 6.92. The minimum absolute atomic E-state index is 0.257. The molecule has 1 heterocycles. The molecule has 0 spiro atoms. The zero-order valence-corrected chi connectivity index (χ0v) is 12.4. The molecule has 21 heavy (non-hydrogen) atoms. The van der Waals surface area contributed by atoms with Crippen molar-refractivity contribution in [3.05, 3.63) is 50.7 Å². The van der Waals surface area contributed by atoms with Gasteiger partial charge in [0.05, 0.1) is 27.6 Å². The molecule has 0 aliphatic carbocycles. The van der Waals surface area contributed by atoms with Crippen molar-refractivity contribution in [2.75, 3.05) is 11.9 Å². The first-order chi connectivity index (χ1) is 10.1. The van der Waals surface area contributed by atoms with E-state index in [-0.39, 0.29) is 12.5 Å². The summed E-state index contributed by atoms with van der Waals surface area (Å²) in [5.41, 5.74) is 6.71. The fourth-order valence-electron chi connectivity index (χ4n) is 1.55. The van der Waals surface area contributed by atoms with Gasteiger partial charge in [-0.1, -0.05) is 23.4 Å². The highest BCUT2D eigenvalue weighted by Crippen LogP contribution is 2.21. The Labute approximate surface area is 131 Å². The maximum atomic E-state index is 12.1. The average Bonchev–Trinajstić information content (AvgIpc) is 2.94. The summed E-state index contributed by atoms with van der Waals surface area (Å²) in [5.74, 6) is 5.35. The van der Waals surface area contributed by atoms with Gasteiger partial charge in [-0.05, 0) is 24.3 Å². The molecule has 0 fully saturated rings. The molecule has 2 aromatic rings. The van der Waals surface area contributed by atoms with Gasteiger partial charge in [-0.3, -0.25) is 4.79 Å². The molecule has 1 amide bonds. The molecule has 104 valence electrons. The number of nitrogens with two attached hydrogens (primary N) is 1. The lowest BCUT2D eigenvalue weighted by Gasteiger charge is -2.04. The first-order valence-corrected chi connectivity index (χ1v) is 7.18. The van der Waals surface area contributed by atoms with Crippen LogP contribution in [0.1, 0.15) is 20.8 Å². The van der Waals surface area contributed by atoms with Gasteiger partial charge in [0.25, 0.3) is 5.91 Å². The number of hydrogen-bond donors (Lipinski definition) is 2. The summed E-state index contributed by atoms with van der Waals surface area (Å²) in [4.78, 5) is 12.9. The summed E-state index contributed by atoms with van der Waals surface area (Å²) in [6, 6.07) is 8.39. The lowest BCUT2D eigenvalue weighted by atomic mass is 10.2. The number of rotatable bonds is 2. The Morgan fingerprint density at radius 1 is 1.43 bits per heavy atom. The molecular formula is C15H10ClN3OS. The third-order valence-electron chi connectivity index (χ3n) is 2.52. The van der Waals surface area contributed by atoms with E-state index in [1.807, 2.05) is 6.07 Å². The third kappa shape index (κ3) is 3.84. The quantitative estimate of drug-likeness (QED) is 0.836. The second-order valence-corrected chi connectivity index (χ2v) is 5.28. The number of thiophene rings is 1. The van der Waals surface area contributed by atoms with Crippen LogP contribution in [-0.2, 0) is 0 Å². The van der Waals surface area contributed by atoms with E-state index >= 15 is 0 Å². The van der Waals surface area contributed by atoms with Crippen molar-refractivity contribution in [3.8, 4) is 17.9 Å². The van der Waals surface area contributed by atoms with Crippen LogP contribution in [0.2, 0.25) is 5.02 Å². The van der Waals surface area contributed by atoms with E-state index in [2.05, 4.69) is 17.2 Å². The number of nitriles is 1. The number of anilines is 1. The highest BCUT2D eigenvalue weighted by molar-refractivity contribution is 7.10. The molecule has 0 saturated carbocycles. The molecule has 0 saturated heterocycles. The maximum absolute atomic E-state index is 12.1. The standard InChI is InChI=1S/C15H10ClN3OS/c16-14-7-12(4-3-10(14)8-18)19-15(20)11-6-13(21-9-11)2-1-5-17/h3-4,6-7,9H,5,17H2,(H,19,20). The summed E-state index contributed by atoms with van der Waals surface area (Å²) >= 11 is 7.30. The Bertz CT molecular complexity index is 780. The van der Waals surface area contributed by atoms with E-state index < -0.39 is 0 Å². The molecule has 1 aromatic heterocycles. The van der Waals surface area contributed by atoms with Crippen LogP contribution in [0.5, 0.6) is 0 Å². The van der Waals surface area contributed by atoms with E-state index in [1.54, 1.807) is 29.6 Å². The van der Waals surface area contributed by atoms with Gasteiger partial charge in [0, 0.05) is 11.1 Å². The van der Waals surface area contributed by atoms with E-state index in [0.29, 0.717) is 21.8 Å². The lowest BCUT2D eigenvalue weighted by molar-refractivity contribution is 0.102. The molecule has 0 radical (unpaired) electrons. The van der Waals surface area contributed by atoms with Gasteiger partial charge < -0.3 is 11.1 Å². The summed E-state index contributed by atoms with van der Waals surface area (Å²) < 4.78 is 0. The Hall–Kier alpha value is -2.31. The van der Waals surface area contributed by atoms with Crippen LogP contribution in [0.15, 0.2) is 29.6 Å². The van der Waals surface area contributed by atoms with Crippen LogP contribution >= 0.6 is 22.9 Å². The van der Waals surface area contributed by atoms with Crippen molar-refractivity contribution in [1.82, 2.24) is 0 Å². The first kappa shape index (κ1) is 15.1. The first-order valence-electron chi connectivity index (χ1n) is 5.92. The Balaban J connectivity index is 2.13. The van der Waals surface area contributed by atoms with Crippen LogP contribution in [0.4, 0.5) is 5.69 Å². The summed E-state index contributed by atoms with van der Waals surface area (Å²) in [6.07, 6.45) is 0. The number of amides is 1. The van der Waals surface area contributed by atoms with Gasteiger partial charge in [0.15, 0.2) is 0 Å². The molecule has 3 N–H and O–H groups in total. The number of benzene rings is 1. The third-order valence-corrected chi connectivity index (χ3v) is 3.68. The van der Waals surface area contributed by atoms with E-state index in [0.717, 1.165) is 4.88 Å². The molecular weight excluding hydrogens is 306 g/mol. The number of carbonyl (C=O) groups excluding carboxylic acids is 1. The molecule has 1 aromatic carbocycles. The van der Waals surface area contributed by atoms with Crippen molar-refractivity contribution in [2.24, 2.45) is 5.73 Å². The maximum Gasteiger partial charge on any atom is 0.256 e. The van der Waals surface area contributed by atoms with Crippen LogP contribution in [0.3, 0.4) is 0 Å². The van der Waals surface area contributed by atoms with Crippen LogP contribution in [0, 0.1) is 23.2 Å². The van der Waals surface area contributed by atoms with Crippen molar-refractivity contribution in [1.29, 1.82) is 5.26 Å². The Morgan fingerprint density at radius 3 is 2.90 bits per heavy atom. The summed E-state index contributed by atoms with van der Waals surface area (Å²) in [6.45, 7) is 0.281. The van der Waals surface area contributed by atoms with Crippen molar-refractivity contribution >= 4 is 34.5 Å². The lowest BCUT2D eigenvalue weighted by Crippen LogP contribution is -2.10. The predicted molar refractivity (Wildman–Crippen MR) is 84.4 cm³/mol. The number of nitrogens with zero attached hydrogens (tertiary/aromatic N) is 1. The SMILES string of the molecule is N#Cc1ccc(NC(=O)c2csc(C#CCN)c2)cc1Cl. The van der Waals surface area contributed by atoms with Crippen LogP contribution < -0.4 is 11.1 Å². The van der Waals surface area contributed by atoms with Crippen molar-refractivity contribution in [3.63, 3.8) is 0 Å². The molecule has 4 nitrogen and oxygen atoms in total. The number of halogens is 1. The number of nitrogens with one attached hydrogen (secondary N) is 1. The van der Waals surface area contributed by atoms with Crippen LogP contribution in [0.25, 0.3) is 0 Å². The summed E-state index contributed by atoms with van der Waals surface area (Å²) in [5, 5.41) is 13.5. The van der Waals surface area contributed by atoms with Gasteiger partial charge in [-0.2, -0.15) is 5.26 Å². The van der Waals surface area contributed by atoms with Gasteiger partial charge >= 0.3 is 0 Å². The fraction of sp³-hybridized carbons (Fsp3) is 0.0667.